The van der Waals surface area contributed by atoms with E-state index in [0.29, 0.717) is 42.2 Å². The lowest BCUT2D eigenvalue weighted by atomic mass is 10.2. The number of benzene rings is 1. The molecule has 8 heteroatoms. The van der Waals surface area contributed by atoms with Crippen LogP contribution in [0.5, 0.6) is 5.75 Å². The first-order valence-corrected chi connectivity index (χ1v) is 7.57. The van der Waals surface area contributed by atoms with E-state index in [1.165, 1.54) is 0 Å². The number of rotatable bonds is 4. The van der Waals surface area contributed by atoms with Crippen LogP contribution >= 0.6 is 11.6 Å². The highest BCUT2D eigenvalue weighted by Crippen LogP contribution is 2.25. The predicted octanol–water partition coefficient (Wildman–Crippen LogP) is 2.01. The van der Waals surface area contributed by atoms with Crippen molar-refractivity contribution in [2.45, 2.75) is 13.0 Å². The van der Waals surface area contributed by atoms with Crippen molar-refractivity contribution in [2.75, 3.05) is 26.4 Å². The van der Waals surface area contributed by atoms with Gasteiger partial charge in [0.1, 0.15) is 11.8 Å². The van der Waals surface area contributed by atoms with Crippen molar-refractivity contribution in [3.63, 3.8) is 0 Å². The smallest absolute Gasteiger partial charge is 0.261 e. The molecule has 1 amide bonds. The molecule has 7 nitrogen and oxygen atoms in total. The van der Waals surface area contributed by atoms with Crippen LogP contribution in [0.2, 0.25) is 5.02 Å². The average Bonchev–Trinajstić information content (AvgIpc) is 3.00. The Bertz CT molecular complexity index is 691. The number of amides is 1. The molecule has 1 aliphatic rings. The second-order valence-electron chi connectivity index (χ2n) is 5.08. The molecule has 23 heavy (non-hydrogen) atoms. The molecule has 1 saturated heterocycles. The number of para-hydroxylation sites is 1. The average molecular weight is 338 g/mol. The third kappa shape index (κ3) is 3.62. The van der Waals surface area contributed by atoms with Gasteiger partial charge in [-0.25, -0.2) is 0 Å². The number of hydrogen-bond acceptors (Lipinski definition) is 6. The first-order valence-electron chi connectivity index (χ1n) is 7.20. The first kappa shape index (κ1) is 15.8. The largest absolute Gasteiger partial charge is 0.482 e. The van der Waals surface area contributed by atoms with E-state index in [9.17, 15) is 4.79 Å². The Labute approximate surface area is 138 Å². The van der Waals surface area contributed by atoms with E-state index < -0.39 is 6.04 Å². The molecule has 3 rings (SSSR count). The summed E-state index contributed by atoms with van der Waals surface area (Å²) in [4.78, 5) is 18.3. The monoisotopic (exact) mass is 337 g/mol. The van der Waals surface area contributed by atoms with Crippen molar-refractivity contribution < 1.29 is 18.8 Å². The second-order valence-corrected chi connectivity index (χ2v) is 5.48. The fourth-order valence-corrected chi connectivity index (χ4v) is 2.53. The van der Waals surface area contributed by atoms with Crippen LogP contribution in [-0.4, -0.2) is 47.3 Å². The van der Waals surface area contributed by atoms with Crippen LogP contribution < -0.4 is 4.74 Å². The SMILES string of the molecule is Cc1noc(C2COCCN2C(=O)COc2ccccc2Cl)n1. The molecular weight excluding hydrogens is 322 g/mol. The van der Waals surface area contributed by atoms with Crippen LogP contribution in [-0.2, 0) is 9.53 Å². The Morgan fingerprint density at radius 2 is 2.30 bits per heavy atom. The minimum absolute atomic E-state index is 0.118. The van der Waals surface area contributed by atoms with Crippen molar-refractivity contribution in [3.8, 4) is 5.75 Å². The molecule has 2 heterocycles. The lowest BCUT2D eigenvalue weighted by molar-refractivity contribution is -0.143. The number of hydrogen-bond donors (Lipinski definition) is 0. The Morgan fingerprint density at radius 1 is 1.48 bits per heavy atom. The van der Waals surface area contributed by atoms with E-state index in [4.69, 9.17) is 25.6 Å². The van der Waals surface area contributed by atoms with Gasteiger partial charge in [0.25, 0.3) is 11.8 Å². The molecule has 0 N–H and O–H groups in total. The van der Waals surface area contributed by atoms with Crippen LogP contribution in [0.1, 0.15) is 17.8 Å². The topological polar surface area (TPSA) is 77.7 Å². The molecule has 0 bridgehead atoms. The third-order valence-electron chi connectivity index (χ3n) is 3.46. The third-order valence-corrected chi connectivity index (χ3v) is 3.78. The summed E-state index contributed by atoms with van der Waals surface area (Å²) in [6.45, 7) is 2.83. The normalized spacial score (nSPS) is 18.0. The number of carbonyl (C=O) groups is 1. The summed E-state index contributed by atoms with van der Waals surface area (Å²) in [6.07, 6.45) is 0. The van der Waals surface area contributed by atoms with Gasteiger partial charge in [-0.2, -0.15) is 4.98 Å². The molecule has 1 aromatic carbocycles. The van der Waals surface area contributed by atoms with E-state index in [2.05, 4.69) is 10.1 Å². The van der Waals surface area contributed by atoms with Gasteiger partial charge in [-0.3, -0.25) is 4.79 Å². The predicted molar refractivity (Wildman–Crippen MR) is 81.3 cm³/mol. The summed E-state index contributed by atoms with van der Waals surface area (Å²) in [5.41, 5.74) is 0. The zero-order chi connectivity index (χ0) is 16.2. The molecule has 1 unspecified atom stereocenters. The molecule has 1 aromatic heterocycles. The van der Waals surface area contributed by atoms with Gasteiger partial charge in [-0.1, -0.05) is 28.9 Å². The molecule has 0 spiro atoms. The lowest BCUT2D eigenvalue weighted by Gasteiger charge is -2.33. The number of carbonyl (C=O) groups excluding carboxylic acids is 1. The molecule has 0 saturated carbocycles. The zero-order valence-electron chi connectivity index (χ0n) is 12.6. The van der Waals surface area contributed by atoms with Crippen LogP contribution in [0.3, 0.4) is 0 Å². The van der Waals surface area contributed by atoms with Crippen molar-refractivity contribution in [1.29, 1.82) is 0 Å². The van der Waals surface area contributed by atoms with Crippen molar-refractivity contribution in [1.82, 2.24) is 15.0 Å². The van der Waals surface area contributed by atoms with Gasteiger partial charge >= 0.3 is 0 Å². The van der Waals surface area contributed by atoms with Gasteiger partial charge in [0.05, 0.1) is 18.2 Å². The van der Waals surface area contributed by atoms with Crippen LogP contribution in [0.15, 0.2) is 28.8 Å². The van der Waals surface area contributed by atoms with Gasteiger partial charge in [0.2, 0.25) is 0 Å². The summed E-state index contributed by atoms with van der Waals surface area (Å²) < 4.78 is 16.1. The fourth-order valence-electron chi connectivity index (χ4n) is 2.34. The van der Waals surface area contributed by atoms with E-state index >= 15 is 0 Å². The van der Waals surface area contributed by atoms with Gasteiger partial charge in [0.15, 0.2) is 12.4 Å². The molecule has 1 fully saturated rings. The van der Waals surface area contributed by atoms with Gasteiger partial charge in [0, 0.05) is 6.54 Å². The Balaban J connectivity index is 1.68. The molecule has 0 aliphatic carbocycles. The van der Waals surface area contributed by atoms with Gasteiger partial charge in [-0.05, 0) is 19.1 Å². The fraction of sp³-hybridized carbons (Fsp3) is 0.400. The number of aryl methyl sites for hydroxylation is 1. The minimum atomic E-state index is -0.396. The van der Waals surface area contributed by atoms with Gasteiger partial charge < -0.3 is 18.9 Å². The maximum atomic E-state index is 12.5. The number of morpholine rings is 1. The molecular formula is C15H16ClN3O4. The standard InChI is InChI=1S/C15H16ClN3O4/c1-10-17-15(23-18-10)12-8-21-7-6-19(12)14(20)9-22-13-5-3-2-4-11(13)16/h2-5,12H,6-9H2,1H3. The highest BCUT2D eigenvalue weighted by Gasteiger charge is 2.32. The Kier molecular flexibility index (Phi) is 4.78. The maximum Gasteiger partial charge on any atom is 0.261 e. The van der Waals surface area contributed by atoms with Crippen LogP contribution in [0.25, 0.3) is 0 Å². The number of nitrogens with zero attached hydrogens (tertiary/aromatic N) is 3. The molecule has 1 atom stereocenters. The van der Waals surface area contributed by atoms with Crippen molar-refractivity contribution >= 4 is 17.5 Å². The number of aromatic nitrogens is 2. The molecule has 2 aromatic rings. The Hall–Kier alpha value is -2.12. The van der Waals surface area contributed by atoms with Crippen molar-refractivity contribution in [2.24, 2.45) is 0 Å². The number of halogens is 1. The summed E-state index contributed by atoms with van der Waals surface area (Å²) in [7, 11) is 0. The second kappa shape index (κ2) is 6.97. The summed E-state index contributed by atoms with van der Waals surface area (Å²) in [5, 5.41) is 4.23. The quantitative estimate of drug-likeness (QED) is 0.849. The first-order chi connectivity index (χ1) is 11.1. The van der Waals surface area contributed by atoms with E-state index in [1.807, 2.05) is 0 Å². The van der Waals surface area contributed by atoms with E-state index in [1.54, 1.807) is 36.1 Å². The Morgan fingerprint density at radius 3 is 3.04 bits per heavy atom. The maximum absolute atomic E-state index is 12.5. The summed E-state index contributed by atoms with van der Waals surface area (Å²) >= 11 is 6.02. The van der Waals surface area contributed by atoms with Crippen molar-refractivity contribution in [3.05, 3.63) is 41.0 Å². The van der Waals surface area contributed by atoms with Crippen LogP contribution in [0, 0.1) is 6.92 Å². The van der Waals surface area contributed by atoms with Crippen LogP contribution in [0.4, 0.5) is 0 Å². The highest BCUT2D eigenvalue weighted by atomic mass is 35.5. The molecule has 0 radical (unpaired) electrons. The van der Waals surface area contributed by atoms with Gasteiger partial charge in [-0.15, -0.1) is 0 Å². The molecule has 1 aliphatic heterocycles. The summed E-state index contributed by atoms with van der Waals surface area (Å²) in [6, 6.07) is 6.62. The summed E-state index contributed by atoms with van der Waals surface area (Å²) in [5.74, 6) is 1.17. The zero-order valence-corrected chi connectivity index (χ0v) is 13.3. The number of ether oxygens (including phenoxy) is 2. The minimum Gasteiger partial charge on any atom is -0.482 e. The highest BCUT2D eigenvalue weighted by molar-refractivity contribution is 6.32. The molecule has 122 valence electrons. The van der Waals surface area contributed by atoms with E-state index in [0.717, 1.165) is 0 Å². The van der Waals surface area contributed by atoms with E-state index in [-0.39, 0.29) is 12.5 Å². The lowest BCUT2D eigenvalue weighted by Crippen LogP contribution is -2.45.